The van der Waals surface area contributed by atoms with Gasteiger partial charge in [0.2, 0.25) is 5.78 Å². The summed E-state index contributed by atoms with van der Waals surface area (Å²) in [6.45, 7) is 0. The summed E-state index contributed by atoms with van der Waals surface area (Å²) in [7, 11) is 0. The number of Topliss-reactive ketones (excluding diaryl/α,β-unsaturated/α-hetero) is 1. The zero-order valence-corrected chi connectivity index (χ0v) is 15.4. The lowest BCUT2D eigenvalue weighted by Crippen LogP contribution is -2.20. The number of H-pyrrole nitrogens is 2. The van der Waals surface area contributed by atoms with Crippen LogP contribution in [0, 0.1) is 11.3 Å². The van der Waals surface area contributed by atoms with Gasteiger partial charge in [0.1, 0.15) is 16.3 Å². The van der Waals surface area contributed by atoms with Gasteiger partial charge in [0.15, 0.2) is 5.92 Å². The van der Waals surface area contributed by atoms with Crippen LogP contribution in [0.15, 0.2) is 10.9 Å². The van der Waals surface area contributed by atoms with E-state index in [2.05, 4.69) is 20.2 Å². The average molecular weight is 379 g/mol. The Morgan fingerprint density at radius 1 is 1.33 bits per heavy atom. The van der Waals surface area contributed by atoms with E-state index in [0.29, 0.717) is 16.1 Å². The van der Waals surface area contributed by atoms with E-state index in [4.69, 9.17) is 0 Å². The maximum absolute atomic E-state index is 12.8. The lowest BCUT2D eigenvalue weighted by atomic mass is 9.97. The second-order valence-electron chi connectivity index (χ2n) is 7.25. The number of fused-ring (bicyclic) bond motifs is 3. The van der Waals surface area contributed by atoms with Gasteiger partial charge in [-0.1, -0.05) is 0 Å². The average Bonchev–Trinajstić information content (AvgIpc) is 3.27. The second kappa shape index (κ2) is 6.13. The predicted molar refractivity (Wildman–Crippen MR) is 100 cm³/mol. The fraction of sp³-hybridized carbons (Fsp3) is 0.421. The molecular weight excluding hydrogens is 362 g/mol. The van der Waals surface area contributed by atoms with Crippen molar-refractivity contribution >= 4 is 27.3 Å². The van der Waals surface area contributed by atoms with Crippen molar-refractivity contribution in [3.05, 3.63) is 44.1 Å². The number of aryl methyl sites for hydroxylation is 2. The Morgan fingerprint density at radius 3 is 2.93 bits per heavy atom. The van der Waals surface area contributed by atoms with Crippen LogP contribution in [0.3, 0.4) is 0 Å². The van der Waals surface area contributed by atoms with Crippen LogP contribution in [-0.2, 0) is 12.8 Å². The molecule has 0 bridgehead atoms. The van der Waals surface area contributed by atoms with E-state index in [1.54, 1.807) is 6.07 Å². The fourth-order valence-corrected chi connectivity index (χ4v) is 5.04. The number of thiophene rings is 1. The quantitative estimate of drug-likeness (QED) is 0.676. The third-order valence-corrected chi connectivity index (χ3v) is 6.56. The summed E-state index contributed by atoms with van der Waals surface area (Å²) < 4.78 is 0. The Balaban J connectivity index is 1.55. The Morgan fingerprint density at radius 2 is 2.15 bits per heavy atom. The lowest BCUT2D eigenvalue weighted by Gasteiger charge is -2.09. The van der Waals surface area contributed by atoms with Gasteiger partial charge in [-0.05, 0) is 50.2 Å². The maximum atomic E-state index is 12.8. The number of aromatic nitrogens is 4. The number of rotatable bonds is 4. The normalized spacial score (nSPS) is 17.4. The molecule has 3 aromatic rings. The zero-order chi connectivity index (χ0) is 18.5. The van der Waals surface area contributed by atoms with Crippen molar-refractivity contribution in [3.63, 3.8) is 0 Å². The molecule has 3 heterocycles. The van der Waals surface area contributed by atoms with Crippen molar-refractivity contribution in [1.82, 2.24) is 20.2 Å². The second-order valence-corrected chi connectivity index (χ2v) is 8.34. The molecular formula is C19H17N5O2S. The summed E-state index contributed by atoms with van der Waals surface area (Å²) in [5.41, 5.74) is 1.97. The molecule has 3 aromatic heterocycles. The van der Waals surface area contributed by atoms with Gasteiger partial charge in [0.05, 0.1) is 11.5 Å². The minimum atomic E-state index is -1.17. The first-order valence-corrected chi connectivity index (χ1v) is 10.0. The van der Waals surface area contributed by atoms with Crippen LogP contribution in [0.25, 0.3) is 10.2 Å². The van der Waals surface area contributed by atoms with E-state index in [1.165, 1.54) is 16.2 Å². The molecule has 2 aliphatic rings. The third kappa shape index (κ3) is 2.70. The largest absolute Gasteiger partial charge is 0.308 e. The fourth-order valence-electron chi connectivity index (χ4n) is 3.78. The van der Waals surface area contributed by atoms with Crippen LogP contribution >= 0.6 is 11.3 Å². The highest BCUT2D eigenvalue weighted by atomic mass is 32.1. The monoisotopic (exact) mass is 379 g/mol. The van der Waals surface area contributed by atoms with Crippen molar-refractivity contribution < 1.29 is 4.79 Å². The van der Waals surface area contributed by atoms with Crippen LogP contribution in [0.1, 0.15) is 70.0 Å². The summed E-state index contributed by atoms with van der Waals surface area (Å²) in [6.07, 6.45) is 6.21. The molecule has 8 heteroatoms. The van der Waals surface area contributed by atoms with E-state index >= 15 is 0 Å². The first-order valence-electron chi connectivity index (χ1n) is 9.19. The molecule has 0 saturated heterocycles. The molecule has 0 amide bonds. The number of hydrogen-bond donors (Lipinski definition) is 2. The first kappa shape index (κ1) is 16.4. The van der Waals surface area contributed by atoms with Crippen molar-refractivity contribution in [2.45, 2.75) is 50.4 Å². The van der Waals surface area contributed by atoms with E-state index in [1.807, 2.05) is 6.07 Å². The Labute approximate surface area is 158 Å². The van der Waals surface area contributed by atoms with Crippen LogP contribution < -0.4 is 5.56 Å². The smallest absolute Gasteiger partial charge is 0.259 e. The van der Waals surface area contributed by atoms with E-state index in [9.17, 15) is 14.9 Å². The molecule has 5 rings (SSSR count). The van der Waals surface area contributed by atoms with Crippen LogP contribution in [0.2, 0.25) is 0 Å². The third-order valence-electron chi connectivity index (χ3n) is 5.38. The molecule has 0 unspecified atom stereocenters. The molecule has 2 aliphatic carbocycles. The number of hydrogen-bond acceptors (Lipinski definition) is 6. The number of nitriles is 1. The summed E-state index contributed by atoms with van der Waals surface area (Å²) >= 11 is 1.51. The summed E-state index contributed by atoms with van der Waals surface area (Å²) in [6, 6.07) is 3.71. The SMILES string of the molecule is N#C[C@@H](C(=O)c1cc(C2CC2)[nH]n1)c1nc2sc3c(c2c(=O)[nH]1)CCCC3. The van der Waals surface area contributed by atoms with Crippen molar-refractivity contribution in [2.24, 2.45) is 0 Å². The van der Waals surface area contributed by atoms with Crippen LogP contribution in [0.4, 0.5) is 0 Å². The molecule has 136 valence electrons. The number of nitrogens with zero attached hydrogens (tertiary/aromatic N) is 3. The molecule has 0 radical (unpaired) electrons. The van der Waals surface area contributed by atoms with Crippen LogP contribution in [-0.4, -0.2) is 25.9 Å². The molecule has 27 heavy (non-hydrogen) atoms. The molecule has 1 saturated carbocycles. The molecule has 0 spiro atoms. The summed E-state index contributed by atoms with van der Waals surface area (Å²) in [5, 5.41) is 17.2. The molecule has 1 atom stereocenters. The van der Waals surface area contributed by atoms with Crippen molar-refractivity contribution in [2.75, 3.05) is 0 Å². The molecule has 2 N–H and O–H groups in total. The Bertz CT molecular complexity index is 1160. The minimum Gasteiger partial charge on any atom is -0.308 e. The van der Waals surface area contributed by atoms with Gasteiger partial charge >= 0.3 is 0 Å². The highest BCUT2D eigenvalue weighted by Crippen LogP contribution is 2.39. The van der Waals surface area contributed by atoms with Gasteiger partial charge in [-0.15, -0.1) is 11.3 Å². The number of nitrogens with one attached hydrogen (secondary N) is 2. The van der Waals surface area contributed by atoms with Gasteiger partial charge in [-0.2, -0.15) is 10.4 Å². The molecule has 1 fully saturated rings. The van der Waals surface area contributed by atoms with E-state index in [-0.39, 0.29) is 17.1 Å². The number of aromatic amines is 2. The molecule has 0 aliphatic heterocycles. The molecule has 0 aromatic carbocycles. The van der Waals surface area contributed by atoms with E-state index < -0.39 is 11.7 Å². The predicted octanol–water partition coefficient (Wildman–Crippen LogP) is 2.95. The zero-order valence-electron chi connectivity index (χ0n) is 14.5. The van der Waals surface area contributed by atoms with Crippen molar-refractivity contribution in [1.29, 1.82) is 5.26 Å². The minimum absolute atomic E-state index is 0.106. The maximum Gasteiger partial charge on any atom is 0.259 e. The topological polar surface area (TPSA) is 115 Å². The first-order chi connectivity index (χ1) is 13.2. The van der Waals surface area contributed by atoms with Gasteiger partial charge in [0.25, 0.3) is 5.56 Å². The summed E-state index contributed by atoms with van der Waals surface area (Å²) in [4.78, 5) is 34.5. The Hall–Kier alpha value is -2.79. The summed E-state index contributed by atoms with van der Waals surface area (Å²) in [5.74, 6) is -1.07. The van der Waals surface area contributed by atoms with Gasteiger partial charge in [0, 0.05) is 16.5 Å². The van der Waals surface area contributed by atoms with Crippen molar-refractivity contribution in [3.8, 4) is 6.07 Å². The number of carbonyl (C=O) groups excluding carboxylic acids is 1. The Kier molecular flexibility index (Phi) is 3.72. The van der Waals surface area contributed by atoms with E-state index in [0.717, 1.165) is 49.8 Å². The molecule has 7 nitrogen and oxygen atoms in total. The van der Waals surface area contributed by atoms with Gasteiger partial charge < -0.3 is 4.98 Å². The highest BCUT2D eigenvalue weighted by molar-refractivity contribution is 7.18. The highest BCUT2D eigenvalue weighted by Gasteiger charge is 2.31. The number of carbonyl (C=O) groups is 1. The standard InChI is InChI=1S/C19H17N5O2S/c20-8-11(16(25)13-7-12(23-24-13)9-5-6-9)17-21-18(26)15-10-3-1-2-4-14(10)27-19(15)22-17/h7,9,11H,1-6H2,(H,23,24)(H,21,22,26)/t11-/m0/s1. The van der Waals surface area contributed by atoms with Gasteiger partial charge in [-0.3, -0.25) is 14.7 Å². The lowest BCUT2D eigenvalue weighted by molar-refractivity contribution is 0.0971. The van der Waals surface area contributed by atoms with Gasteiger partial charge in [-0.25, -0.2) is 4.98 Å². The van der Waals surface area contributed by atoms with Crippen LogP contribution in [0.5, 0.6) is 0 Å². The number of ketones is 1.